The number of esters is 3. The van der Waals surface area contributed by atoms with Crippen LogP contribution in [0, 0.1) is 0 Å². The fourth-order valence-electron chi connectivity index (χ4n) is 11.0. The zero-order valence-electron chi connectivity index (χ0n) is 55.7. The fraction of sp³-hybridized carbons (Fsp3) is 0.831. The van der Waals surface area contributed by atoms with Gasteiger partial charge in [0.15, 0.2) is 6.10 Å². The minimum atomic E-state index is -0.785. The first-order chi connectivity index (χ1) is 41.0. The Labute approximate surface area is 517 Å². The first-order valence-electron chi connectivity index (χ1n) is 36.8. The van der Waals surface area contributed by atoms with Crippen LogP contribution >= 0.6 is 0 Å². The van der Waals surface area contributed by atoms with Crippen LogP contribution in [0.1, 0.15) is 393 Å². The second-order valence-electron chi connectivity index (χ2n) is 24.8. The second kappa shape index (κ2) is 71.6. The van der Waals surface area contributed by atoms with Crippen molar-refractivity contribution < 1.29 is 28.6 Å². The van der Waals surface area contributed by atoms with Crippen LogP contribution in [-0.4, -0.2) is 37.2 Å². The molecule has 0 spiro atoms. The normalized spacial score (nSPS) is 12.4. The standard InChI is InChI=1S/C77H140O6/c1-4-7-10-13-16-19-22-25-28-31-34-35-36-37-38-39-40-41-42-44-46-49-52-55-58-61-64-67-70-76(79)82-73-74(72-81-75(78)69-66-63-60-57-54-51-48-45-33-30-27-24-21-18-15-12-9-6-3)83-77(80)71-68-65-62-59-56-53-50-47-43-32-29-26-23-20-17-14-11-8-5-2/h8,11,17,20,26,29-30,33,43,47,74H,4-7,9-10,12-16,18-19,21-25,27-28,31-32,34-42,44-46,48-73H2,1-3H3/b11-8-,20-17-,29-26-,33-30-,47-43-. The molecule has 0 fully saturated rings. The summed E-state index contributed by atoms with van der Waals surface area (Å²) in [6.45, 7) is 6.58. The largest absolute Gasteiger partial charge is 0.462 e. The van der Waals surface area contributed by atoms with Crippen molar-refractivity contribution in [3.63, 3.8) is 0 Å². The van der Waals surface area contributed by atoms with Gasteiger partial charge in [0.2, 0.25) is 0 Å². The molecule has 0 aliphatic heterocycles. The number of carbonyl (C=O) groups is 3. The van der Waals surface area contributed by atoms with E-state index >= 15 is 0 Å². The molecule has 1 atom stereocenters. The van der Waals surface area contributed by atoms with E-state index in [1.807, 2.05) is 0 Å². The molecule has 0 aromatic heterocycles. The van der Waals surface area contributed by atoms with Crippen molar-refractivity contribution in [1.82, 2.24) is 0 Å². The summed E-state index contributed by atoms with van der Waals surface area (Å²) >= 11 is 0. The maximum absolute atomic E-state index is 13.0. The summed E-state index contributed by atoms with van der Waals surface area (Å²) in [6.07, 6.45) is 92.6. The highest BCUT2D eigenvalue weighted by atomic mass is 16.6. The number of hydrogen-bond donors (Lipinski definition) is 0. The van der Waals surface area contributed by atoms with E-state index in [2.05, 4.69) is 81.5 Å². The molecule has 0 radical (unpaired) electrons. The Bertz CT molecular complexity index is 1470. The molecule has 0 saturated carbocycles. The molecule has 0 heterocycles. The summed E-state index contributed by atoms with van der Waals surface area (Å²) in [5.74, 6) is -0.871. The minimum absolute atomic E-state index is 0.0777. The summed E-state index contributed by atoms with van der Waals surface area (Å²) in [4.78, 5) is 38.5. The SMILES string of the molecule is CC/C=C\C/C=C\C/C=C\C/C=C\CCCCCCCCC(=O)OC(COC(=O)CCCCCCCCC/C=C\CCCCCCCCC)COC(=O)CCCCCCCCCCCCCCCCCCCCCCCCCCCCCC. The average Bonchev–Trinajstić information content (AvgIpc) is 3.50. The molecule has 0 amide bonds. The van der Waals surface area contributed by atoms with Crippen LogP contribution in [0.5, 0.6) is 0 Å². The summed E-state index contributed by atoms with van der Waals surface area (Å²) in [5, 5.41) is 0. The van der Waals surface area contributed by atoms with E-state index in [1.54, 1.807) is 0 Å². The Morgan fingerprint density at radius 2 is 0.470 bits per heavy atom. The molecule has 0 aliphatic carbocycles. The first-order valence-corrected chi connectivity index (χ1v) is 36.8. The van der Waals surface area contributed by atoms with Crippen molar-refractivity contribution in [1.29, 1.82) is 0 Å². The third-order valence-corrected chi connectivity index (χ3v) is 16.5. The second-order valence-corrected chi connectivity index (χ2v) is 24.8. The maximum atomic E-state index is 13.0. The van der Waals surface area contributed by atoms with Gasteiger partial charge in [0.1, 0.15) is 13.2 Å². The molecule has 0 aliphatic rings. The molecule has 0 bridgehead atoms. The molecule has 484 valence electrons. The van der Waals surface area contributed by atoms with Crippen LogP contribution in [0.25, 0.3) is 0 Å². The number of ether oxygens (including phenoxy) is 3. The Kier molecular flexibility index (Phi) is 69.1. The lowest BCUT2D eigenvalue weighted by molar-refractivity contribution is -0.167. The minimum Gasteiger partial charge on any atom is -0.462 e. The first kappa shape index (κ1) is 80.1. The highest BCUT2D eigenvalue weighted by Crippen LogP contribution is 2.19. The molecule has 0 aromatic carbocycles. The van der Waals surface area contributed by atoms with Crippen molar-refractivity contribution in [2.24, 2.45) is 0 Å². The van der Waals surface area contributed by atoms with Gasteiger partial charge in [-0.3, -0.25) is 14.4 Å². The summed E-state index contributed by atoms with van der Waals surface area (Å²) < 4.78 is 17.0. The lowest BCUT2D eigenvalue weighted by Crippen LogP contribution is -2.30. The Morgan fingerprint density at radius 1 is 0.253 bits per heavy atom. The van der Waals surface area contributed by atoms with Gasteiger partial charge >= 0.3 is 17.9 Å². The van der Waals surface area contributed by atoms with Crippen molar-refractivity contribution in [3.8, 4) is 0 Å². The quantitative estimate of drug-likeness (QED) is 0.0261. The highest BCUT2D eigenvalue weighted by molar-refractivity contribution is 5.71. The van der Waals surface area contributed by atoms with E-state index in [0.717, 1.165) is 96.3 Å². The van der Waals surface area contributed by atoms with Gasteiger partial charge < -0.3 is 14.2 Å². The van der Waals surface area contributed by atoms with E-state index in [1.165, 1.54) is 257 Å². The lowest BCUT2D eigenvalue weighted by Gasteiger charge is -2.18. The van der Waals surface area contributed by atoms with Crippen LogP contribution < -0.4 is 0 Å². The number of allylic oxidation sites excluding steroid dienone is 10. The molecule has 0 rings (SSSR count). The van der Waals surface area contributed by atoms with E-state index in [4.69, 9.17) is 14.2 Å². The van der Waals surface area contributed by atoms with Crippen molar-refractivity contribution in [3.05, 3.63) is 60.8 Å². The molecule has 6 heteroatoms. The number of hydrogen-bond acceptors (Lipinski definition) is 6. The third kappa shape index (κ3) is 69.8. The predicted octanol–water partition coefficient (Wildman–Crippen LogP) is 25.5. The lowest BCUT2D eigenvalue weighted by atomic mass is 10.0. The van der Waals surface area contributed by atoms with Gasteiger partial charge in [0.25, 0.3) is 0 Å². The third-order valence-electron chi connectivity index (χ3n) is 16.5. The van der Waals surface area contributed by atoms with E-state index in [9.17, 15) is 14.4 Å². The van der Waals surface area contributed by atoms with Gasteiger partial charge in [-0.2, -0.15) is 0 Å². The maximum Gasteiger partial charge on any atom is 0.306 e. The molecule has 1 unspecified atom stereocenters. The summed E-state index contributed by atoms with van der Waals surface area (Å²) in [5.41, 5.74) is 0. The van der Waals surface area contributed by atoms with Crippen LogP contribution in [0.15, 0.2) is 60.8 Å². The van der Waals surface area contributed by atoms with Crippen LogP contribution in [0.2, 0.25) is 0 Å². The van der Waals surface area contributed by atoms with Crippen LogP contribution in [-0.2, 0) is 28.6 Å². The monoisotopic (exact) mass is 1160 g/mol. The zero-order chi connectivity index (χ0) is 59.9. The van der Waals surface area contributed by atoms with Gasteiger partial charge in [0.05, 0.1) is 0 Å². The molecular weight excluding hydrogens is 1020 g/mol. The molecule has 6 nitrogen and oxygen atoms in total. The molecular formula is C77H140O6. The summed E-state index contributed by atoms with van der Waals surface area (Å²) in [6, 6.07) is 0. The van der Waals surface area contributed by atoms with E-state index in [0.29, 0.717) is 19.3 Å². The molecule has 0 N–H and O–H groups in total. The van der Waals surface area contributed by atoms with Crippen LogP contribution in [0.4, 0.5) is 0 Å². The summed E-state index contributed by atoms with van der Waals surface area (Å²) in [7, 11) is 0. The predicted molar refractivity (Wildman–Crippen MR) is 362 cm³/mol. The van der Waals surface area contributed by atoms with Gasteiger partial charge in [-0.25, -0.2) is 0 Å². The topological polar surface area (TPSA) is 78.9 Å². The van der Waals surface area contributed by atoms with Crippen LogP contribution in [0.3, 0.4) is 0 Å². The van der Waals surface area contributed by atoms with E-state index in [-0.39, 0.29) is 31.1 Å². The average molecular weight is 1160 g/mol. The molecule has 83 heavy (non-hydrogen) atoms. The van der Waals surface area contributed by atoms with Gasteiger partial charge in [-0.05, 0) is 83.5 Å². The number of carbonyl (C=O) groups excluding carboxylic acids is 3. The Hall–Kier alpha value is -2.89. The smallest absolute Gasteiger partial charge is 0.306 e. The zero-order valence-corrected chi connectivity index (χ0v) is 55.7. The number of unbranched alkanes of at least 4 members (excludes halogenated alkanes) is 47. The van der Waals surface area contributed by atoms with E-state index < -0.39 is 6.10 Å². The fourth-order valence-corrected chi connectivity index (χ4v) is 11.0. The van der Waals surface area contributed by atoms with Gasteiger partial charge in [0, 0.05) is 19.3 Å². The highest BCUT2D eigenvalue weighted by Gasteiger charge is 2.19. The Balaban J connectivity index is 4.28. The molecule has 0 saturated heterocycles. The molecule has 0 aromatic rings. The van der Waals surface area contributed by atoms with Crippen molar-refractivity contribution in [2.75, 3.05) is 13.2 Å². The van der Waals surface area contributed by atoms with Crippen molar-refractivity contribution in [2.45, 2.75) is 399 Å². The number of rotatable bonds is 68. The van der Waals surface area contributed by atoms with Gasteiger partial charge in [-0.1, -0.05) is 351 Å². The van der Waals surface area contributed by atoms with Gasteiger partial charge in [-0.15, -0.1) is 0 Å². The van der Waals surface area contributed by atoms with Crippen molar-refractivity contribution >= 4 is 17.9 Å². The Morgan fingerprint density at radius 3 is 0.747 bits per heavy atom.